The fraction of sp³-hybridized carbons (Fsp3) is 0.308. The Morgan fingerprint density at radius 3 is 2.55 bits per heavy atom. The number of nitrogens with zero attached hydrogens (tertiary/aromatic N) is 2. The van der Waals surface area contributed by atoms with Crippen LogP contribution < -0.4 is 0 Å². The number of fused-ring (bicyclic) bond motifs is 1. The Hall–Kier alpha value is -2.18. The molecule has 0 radical (unpaired) electrons. The second kappa shape index (κ2) is 5.07. The number of benzene rings is 1. The third-order valence-corrected chi connectivity index (χ3v) is 2.63. The Kier molecular flexibility index (Phi) is 3.61. The summed E-state index contributed by atoms with van der Waals surface area (Å²) in [6, 6.07) is 3.00. The van der Waals surface area contributed by atoms with Gasteiger partial charge in [0.15, 0.2) is 5.69 Å². The monoisotopic (exact) mass is 284 g/mol. The Morgan fingerprint density at radius 1 is 1.25 bits per heavy atom. The average molecular weight is 284 g/mol. The van der Waals surface area contributed by atoms with Gasteiger partial charge in [0.2, 0.25) is 0 Å². The lowest BCUT2D eigenvalue weighted by atomic mass is 10.1. The van der Waals surface area contributed by atoms with Crippen LogP contribution in [0.5, 0.6) is 0 Å². The Morgan fingerprint density at radius 2 is 1.95 bits per heavy atom. The molecule has 7 heteroatoms. The van der Waals surface area contributed by atoms with E-state index in [0.29, 0.717) is 0 Å². The van der Waals surface area contributed by atoms with Crippen molar-refractivity contribution in [3.05, 3.63) is 35.2 Å². The summed E-state index contributed by atoms with van der Waals surface area (Å²) >= 11 is 0. The molecule has 1 aromatic carbocycles. The first-order valence-corrected chi connectivity index (χ1v) is 5.85. The Labute approximate surface area is 112 Å². The molecule has 0 atom stereocenters. The van der Waals surface area contributed by atoms with Crippen LogP contribution in [0.1, 0.15) is 28.7 Å². The molecular formula is C13H11F3N2O2. The molecule has 0 aliphatic rings. The second-order valence-electron chi connectivity index (χ2n) is 4.08. The minimum Gasteiger partial charge on any atom is -0.461 e. The van der Waals surface area contributed by atoms with Crippen molar-refractivity contribution in [2.45, 2.75) is 20.0 Å². The lowest BCUT2D eigenvalue weighted by Gasteiger charge is -2.09. The van der Waals surface area contributed by atoms with Crippen molar-refractivity contribution in [1.29, 1.82) is 0 Å². The van der Waals surface area contributed by atoms with Crippen LogP contribution in [-0.2, 0) is 10.9 Å². The van der Waals surface area contributed by atoms with E-state index in [0.717, 1.165) is 12.1 Å². The van der Waals surface area contributed by atoms with E-state index in [1.54, 1.807) is 6.92 Å². The molecule has 0 aliphatic heterocycles. The van der Waals surface area contributed by atoms with E-state index in [1.165, 1.54) is 13.0 Å². The zero-order valence-corrected chi connectivity index (χ0v) is 10.8. The van der Waals surface area contributed by atoms with Gasteiger partial charge in [0.1, 0.15) is 0 Å². The number of rotatable bonds is 2. The molecule has 106 valence electrons. The average Bonchev–Trinajstić information content (AvgIpc) is 2.36. The first kappa shape index (κ1) is 14.2. The summed E-state index contributed by atoms with van der Waals surface area (Å²) in [5, 5.41) is 0. The topological polar surface area (TPSA) is 52.1 Å². The van der Waals surface area contributed by atoms with Crippen LogP contribution in [0.15, 0.2) is 18.2 Å². The van der Waals surface area contributed by atoms with Gasteiger partial charge < -0.3 is 4.74 Å². The van der Waals surface area contributed by atoms with Gasteiger partial charge >= 0.3 is 12.1 Å². The number of carbonyl (C=O) groups is 1. The van der Waals surface area contributed by atoms with Gasteiger partial charge in [-0.3, -0.25) is 0 Å². The van der Waals surface area contributed by atoms with Crippen LogP contribution in [0.4, 0.5) is 13.2 Å². The van der Waals surface area contributed by atoms with Gasteiger partial charge in [-0.2, -0.15) is 13.2 Å². The quantitative estimate of drug-likeness (QED) is 0.795. The highest BCUT2D eigenvalue weighted by Crippen LogP contribution is 2.30. The molecule has 0 saturated carbocycles. The number of aromatic nitrogens is 2. The fourth-order valence-corrected chi connectivity index (χ4v) is 1.71. The first-order chi connectivity index (χ1) is 9.32. The molecule has 1 heterocycles. The number of hydrogen-bond acceptors (Lipinski definition) is 4. The minimum atomic E-state index is -4.44. The molecule has 0 fully saturated rings. The number of carbonyl (C=O) groups excluding carboxylic acids is 1. The van der Waals surface area contributed by atoms with E-state index >= 15 is 0 Å². The molecule has 0 amide bonds. The smallest absolute Gasteiger partial charge is 0.416 e. The molecule has 0 saturated heterocycles. The van der Waals surface area contributed by atoms with E-state index in [1.807, 2.05) is 0 Å². The predicted molar refractivity (Wildman–Crippen MR) is 65.2 cm³/mol. The number of esters is 1. The van der Waals surface area contributed by atoms with E-state index in [9.17, 15) is 18.0 Å². The van der Waals surface area contributed by atoms with Crippen LogP contribution in [-0.4, -0.2) is 22.5 Å². The summed E-state index contributed by atoms with van der Waals surface area (Å²) < 4.78 is 42.6. The van der Waals surface area contributed by atoms with Gasteiger partial charge in [-0.05, 0) is 32.0 Å². The van der Waals surface area contributed by atoms with Crippen LogP contribution >= 0.6 is 0 Å². The van der Waals surface area contributed by atoms with Crippen molar-refractivity contribution in [2.75, 3.05) is 6.61 Å². The fourth-order valence-electron chi connectivity index (χ4n) is 1.71. The van der Waals surface area contributed by atoms with Crippen LogP contribution in [0, 0.1) is 6.92 Å². The SMILES string of the molecule is CCOC(=O)c1nc2ccc(C(F)(F)F)cc2nc1C. The van der Waals surface area contributed by atoms with Gasteiger partial charge in [0.25, 0.3) is 0 Å². The number of aryl methyl sites for hydroxylation is 1. The summed E-state index contributed by atoms with van der Waals surface area (Å²) in [6.45, 7) is 3.33. The molecule has 0 unspecified atom stereocenters. The summed E-state index contributed by atoms with van der Waals surface area (Å²) in [5.41, 5.74) is -0.256. The molecule has 0 bridgehead atoms. The maximum absolute atomic E-state index is 12.6. The predicted octanol–water partition coefficient (Wildman–Crippen LogP) is 3.13. The molecule has 20 heavy (non-hydrogen) atoms. The van der Waals surface area contributed by atoms with Crippen molar-refractivity contribution in [3.8, 4) is 0 Å². The molecule has 2 rings (SSSR count). The van der Waals surface area contributed by atoms with E-state index < -0.39 is 17.7 Å². The molecule has 0 aliphatic carbocycles. The standard InChI is InChI=1S/C13H11F3N2O2/c1-3-20-12(19)11-7(2)17-10-6-8(13(14,15)16)4-5-9(10)18-11/h4-6H,3H2,1-2H3. The number of alkyl halides is 3. The van der Waals surface area contributed by atoms with Gasteiger partial charge in [0, 0.05) is 0 Å². The first-order valence-electron chi connectivity index (χ1n) is 5.85. The lowest BCUT2D eigenvalue weighted by Crippen LogP contribution is -2.11. The van der Waals surface area contributed by atoms with Crippen molar-refractivity contribution in [3.63, 3.8) is 0 Å². The zero-order chi connectivity index (χ0) is 14.9. The maximum Gasteiger partial charge on any atom is 0.416 e. The van der Waals surface area contributed by atoms with Crippen LogP contribution in [0.2, 0.25) is 0 Å². The van der Waals surface area contributed by atoms with Gasteiger partial charge in [-0.15, -0.1) is 0 Å². The van der Waals surface area contributed by atoms with Crippen molar-refractivity contribution < 1.29 is 22.7 Å². The summed E-state index contributed by atoms with van der Waals surface area (Å²) in [7, 11) is 0. The molecule has 4 nitrogen and oxygen atoms in total. The zero-order valence-electron chi connectivity index (χ0n) is 10.8. The summed E-state index contributed by atoms with van der Waals surface area (Å²) in [5.74, 6) is -0.640. The Bertz CT molecular complexity index is 668. The van der Waals surface area contributed by atoms with E-state index in [4.69, 9.17) is 4.74 Å². The lowest BCUT2D eigenvalue weighted by molar-refractivity contribution is -0.137. The maximum atomic E-state index is 12.6. The number of ether oxygens (including phenoxy) is 1. The van der Waals surface area contributed by atoms with E-state index in [2.05, 4.69) is 9.97 Å². The normalized spacial score (nSPS) is 11.7. The van der Waals surface area contributed by atoms with Gasteiger partial charge in [0.05, 0.1) is 28.9 Å². The van der Waals surface area contributed by atoms with Crippen LogP contribution in [0.3, 0.4) is 0 Å². The van der Waals surface area contributed by atoms with E-state index in [-0.39, 0.29) is 29.0 Å². The number of hydrogen-bond donors (Lipinski definition) is 0. The second-order valence-corrected chi connectivity index (χ2v) is 4.08. The molecular weight excluding hydrogens is 273 g/mol. The highest BCUT2D eigenvalue weighted by atomic mass is 19.4. The third-order valence-electron chi connectivity index (χ3n) is 2.63. The summed E-state index contributed by atoms with van der Waals surface area (Å²) in [4.78, 5) is 19.6. The Balaban J connectivity index is 2.54. The number of halogens is 3. The van der Waals surface area contributed by atoms with Crippen molar-refractivity contribution in [2.24, 2.45) is 0 Å². The van der Waals surface area contributed by atoms with Gasteiger partial charge in [-0.1, -0.05) is 0 Å². The highest BCUT2D eigenvalue weighted by Gasteiger charge is 2.30. The van der Waals surface area contributed by atoms with Crippen molar-refractivity contribution in [1.82, 2.24) is 9.97 Å². The minimum absolute atomic E-state index is 0.0131. The highest BCUT2D eigenvalue weighted by molar-refractivity contribution is 5.91. The molecule has 2 aromatic rings. The molecule has 1 aromatic heterocycles. The van der Waals surface area contributed by atoms with Crippen molar-refractivity contribution >= 4 is 17.0 Å². The van der Waals surface area contributed by atoms with Crippen LogP contribution in [0.25, 0.3) is 11.0 Å². The summed E-state index contributed by atoms with van der Waals surface area (Å²) in [6.07, 6.45) is -4.44. The third kappa shape index (κ3) is 2.71. The largest absolute Gasteiger partial charge is 0.461 e. The molecule has 0 N–H and O–H groups in total. The molecule has 0 spiro atoms. The van der Waals surface area contributed by atoms with Gasteiger partial charge in [-0.25, -0.2) is 14.8 Å².